The van der Waals surface area contributed by atoms with Crippen molar-refractivity contribution in [3.05, 3.63) is 130 Å². The van der Waals surface area contributed by atoms with Crippen molar-refractivity contribution in [3.8, 4) is 0 Å². The number of aliphatic hydroxyl groups is 1. The summed E-state index contributed by atoms with van der Waals surface area (Å²) in [6.07, 6.45) is 0. The Morgan fingerprint density at radius 1 is 1.02 bits per heavy atom. The van der Waals surface area contributed by atoms with E-state index >= 15 is 0 Å². The summed E-state index contributed by atoms with van der Waals surface area (Å²) >= 11 is 3.47. The third kappa shape index (κ3) is 7.72. The molecular weight excluding hydrogens is 789 g/mol. The molecule has 7 rings (SSSR count). The lowest BCUT2D eigenvalue weighted by molar-refractivity contribution is -0.150. The molecule has 15 nitrogen and oxygen atoms in total. The number of oxime groups is 1. The highest BCUT2D eigenvalue weighted by Crippen LogP contribution is 2.43. The number of carboxylic acids is 1. The number of carbonyl (C=O) groups is 3. The van der Waals surface area contributed by atoms with Gasteiger partial charge in [0.1, 0.15) is 28.3 Å². The van der Waals surface area contributed by atoms with Crippen LogP contribution in [0.4, 0.5) is 13.9 Å². The van der Waals surface area contributed by atoms with Crippen LogP contribution in [0.3, 0.4) is 0 Å². The van der Waals surface area contributed by atoms with Gasteiger partial charge in [0.25, 0.3) is 11.8 Å². The lowest BCUT2D eigenvalue weighted by Crippen LogP contribution is -2.71. The summed E-state index contributed by atoms with van der Waals surface area (Å²) in [5.41, 5.74) is 1.11. The van der Waals surface area contributed by atoms with Gasteiger partial charge in [0, 0.05) is 16.9 Å². The molecule has 0 spiro atoms. The van der Waals surface area contributed by atoms with Gasteiger partial charge < -0.3 is 25.7 Å². The van der Waals surface area contributed by atoms with Crippen molar-refractivity contribution in [3.63, 3.8) is 0 Å². The molecule has 288 valence electrons. The zero-order valence-corrected chi connectivity index (χ0v) is 31.4. The van der Waals surface area contributed by atoms with Gasteiger partial charge in [0.05, 0.1) is 13.2 Å². The predicted molar refractivity (Wildman–Crippen MR) is 204 cm³/mol. The highest BCUT2D eigenvalue weighted by Gasteiger charge is 2.54. The van der Waals surface area contributed by atoms with Gasteiger partial charge in [-0.05, 0) is 32.7 Å². The number of carboxylic acid groups (broad SMARTS) is 1. The molecule has 4 N–H and O–H groups in total. The van der Waals surface area contributed by atoms with E-state index in [1.165, 1.54) is 21.8 Å². The van der Waals surface area contributed by atoms with Crippen molar-refractivity contribution in [2.75, 3.05) is 23.4 Å². The molecule has 20 heteroatoms. The van der Waals surface area contributed by atoms with Crippen LogP contribution < -0.4 is 10.6 Å². The Kier molecular flexibility index (Phi) is 11.7. The highest BCUT2D eigenvalue weighted by atomic mass is 32.2. The fourth-order valence-corrected chi connectivity index (χ4v) is 9.51. The number of rotatable bonds is 16. The molecule has 5 aromatic rings. The maximum atomic E-state index is 13.8. The van der Waals surface area contributed by atoms with Crippen LogP contribution in [-0.2, 0) is 31.3 Å². The summed E-state index contributed by atoms with van der Waals surface area (Å²) < 4.78 is 28.0. The maximum absolute atomic E-state index is 13.8. The topological polar surface area (TPSA) is 197 Å². The van der Waals surface area contributed by atoms with Crippen LogP contribution in [0.2, 0.25) is 0 Å². The molecule has 2 aromatic heterocycles. The Morgan fingerprint density at radius 2 is 1.64 bits per heavy atom. The molecule has 2 amide bonds. The second kappa shape index (κ2) is 17.0. The van der Waals surface area contributed by atoms with E-state index in [4.69, 9.17) is 0 Å². The molecule has 4 heterocycles. The SMILES string of the molecule is O=C(O)C1=C(CSc2nnnn2CCO)CS[C@@H]2C(NC(=O)C(=NOC(F)F)c3csc(NC(c4ccccc4)(c4ccccc4)c4ccccc4)n3)C(=O)N12. The van der Waals surface area contributed by atoms with Crippen LogP contribution in [0.5, 0.6) is 0 Å². The number of thioether (sulfide) groups is 2. The molecule has 0 saturated carbocycles. The normalized spacial score (nSPS) is 17.0. The molecule has 1 saturated heterocycles. The number of hydrogen-bond donors (Lipinski definition) is 4. The predicted octanol–water partition coefficient (Wildman–Crippen LogP) is 4.00. The van der Waals surface area contributed by atoms with Crippen LogP contribution in [0.15, 0.2) is 118 Å². The molecule has 0 aliphatic carbocycles. The number of carbonyl (C=O) groups excluding carboxylic acids is 2. The number of nitrogens with one attached hydrogen (secondary N) is 2. The number of benzene rings is 3. The number of halogens is 2. The number of hydrogen-bond acceptors (Lipinski definition) is 14. The molecule has 56 heavy (non-hydrogen) atoms. The lowest BCUT2D eigenvalue weighted by Gasteiger charge is -2.49. The van der Waals surface area contributed by atoms with E-state index in [1.807, 2.05) is 91.0 Å². The van der Waals surface area contributed by atoms with Crippen LogP contribution in [0.25, 0.3) is 0 Å². The molecule has 2 aliphatic rings. The Labute approximate surface area is 329 Å². The van der Waals surface area contributed by atoms with E-state index in [0.29, 0.717) is 15.9 Å². The number of aliphatic carboxylic acids is 1. The first-order valence-electron chi connectivity index (χ1n) is 16.8. The largest absolute Gasteiger partial charge is 0.477 e. The minimum atomic E-state index is -3.36. The Hall–Kier alpha value is -5.70. The number of alkyl halides is 2. The quantitative estimate of drug-likeness (QED) is 0.0367. The fourth-order valence-electron chi connectivity index (χ4n) is 6.37. The van der Waals surface area contributed by atoms with Crippen LogP contribution in [-0.4, -0.2) is 99.9 Å². The monoisotopic (exact) mass is 819 g/mol. The van der Waals surface area contributed by atoms with E-state index in [1.54, 1.807) is 0 Å². The number of nitrogens with zero attached hydrogens (tertiary/aromatic N) is 7. The number of amides is 2. The smallest absolute Gasteiger partial charge is 0.407 e. The number of fused-ring (bicyclic) bond motifs is 1. The average molecular weight is 820 g/mol. The third-order valence-corrected chi connectivity index (χ3v) is 12.0. The summed E-state index contributed by atoms with van der Waals surface area (Å²) in [5.74, 6) is -2.75. The molecule has 0 bridgehead atoms. The van der Waals surface area contributed by atoms with E-state index < -0.39 is 47.1 Å². The number of thiazole rings is 1. The van der Waals surface area contributed by atoms with Gasteiger partial charge in [0.2, 0.25) is 5.16 Å². The van der Waals surface area contributed by atoms with Gasteiger partial charge in [-0.1, -0.05) is 108 Å². The molecule has 2 atom stereocenters. The van der Waals surface area contributed by atoms with Gasteiger partial charge in [0.15, 0.2) is 10.8 Å². The highest BCUT2D eigenvalue weighted by molar-refractivity contribution is 8.01. The third-order valence-electron chi connectivity index (χ3n) is 8.82. The van der Waals surface area contributed by atoms with Gasteiger partial charge in [-0.25, -0.2) is 14.5 Å². The molecular formula is C36H31F2N9O6S3. The fraction of sp³-hybridized carbons (Fsp3) is 0.222. The van der Waals surface area contributed by atoms with E-state index in [2.05, 4.69) is 41.1 Å². The molecule has 0 radical (unpaired) electrons. The standard InChI is InChI=1S/C36H31F2N9O6S3/c37-33(38)53-43-26(29(49)40-27-30(50)47-28(32(51)52)21(18-54-31(27)47)19-56-35-42-44-45-46(35)16-17-48)25-20-55-34(39-25)41-36(22-10-4-1-5-11-22,23-12-6-2-7-13-23)24-14-8-3-9-15-24/h1-15,20,27,31,33,48H,16-19H2,(H,39,41)(H,40,49)(H,51,52)/t27?,31-/m1/s1. The molecule has 3 aromatic carbocycles. The Morgan fingerprint density at radius 3 is 2.21 bits per heavy atom. The Balaban J connectivity index is 1.14. The van der Waals surface area contributed by atoms with Gasteiger partial charge in [-0.15, -0.1) is 28.2 Å². The van der Waals surface area contributed by atoms with Crippen molar-refractivity contribution < 1.29 is 38.2 Å². The first-order valence-corrected chi connectivity index (χ1v) is 19.8. The summed E-state index contributed by atoms with van der Waals surface area (Å²) in [6, 6.07) is 27.8. The number of β-lactam (4-membered cyclic amide) rings is 1. The minimum Gasteiger partial charge on any atom is -0.477 e. The minimum absolute atomic E-state index is 0.104. The number of tetrazole rings is 1. The maximum Gasteiger partial charge on any atom is 0.407 e. The average Bonchev–Trinajstić information content (AvgIpc) is 3.88. The number of aromatic nitrogens is 5. The van der Waals surface area contributed by atoms with E-state index in [-0.39, 0.29) is 36.0 Å². The van der Waals surface area contributed by atoms with Crippen molar-refractivity contribution in [2.45, 2.75) is 35.3 Å². The first-order chi connectivity index (χ1) is 27.2. The summed E-state index contributed by atoms with van der Waals surface area (Å²) in [6.45, 7) is -3.42. The zero-order chi connectivity index (χ0) is 39.2. The van der Waals surface area contributed by atoms with Crippen molar-refractivity contribution in [2.24, 2.45) is 5.16 Å². The molecule has 1 fully saturated rings. The summed E-state index contributed by atoms with van der Waals surface area (Å²) in [5, 5.41) is 41.5. The van der Waals surface area contributed by atoms with Crippen molar-refractivity contribution in [1.82, 2.24) is 35.4 Å². The van der Waals surface area contributed by atoms with Gasteiger partial charge >= 0.3 is 12.6 Å². The first kappa shape index (κ1) is 38.6. The van der Waals surface area contributed by atoms with Crippen molar-refractivity contribution in [1.29, 1.82) is 0 Å². The molecule has 2 aliphatic heterocycles. The second-order valence-electron chi connectivity index (χ2n) is 12.1. The van der Waals surface area contributed by atoms with Crippen LogP contribution in [0, 0.1) is 0 Å². The van der Waals surface area contributed by atoms with E-state index in [9.17, 15) is 33.4 Å². The zero-order valence-electron chi connectivity index (χ0n) is 28.9. The lowest BCUT2D eigenvalue weighted by atomic mass is 9.77. The van der Waals surface area contributed by atoms with Gasteiger partial charge in [-0.3, -0.25) is 14.5 Å². The molecule has 1 unspecified atom stereocenters. The van der Waals surface area contributed by atoms with Crippen LogP contribution >= 0.6 is 34.9 Å². The summed E-state index contributed by atoms with van der Waals surface area (Å²) in [7, 11) is 0. The van der Waals surface area contributed by atoms with Gasteiger partial charge in [-0.2, -0.15) is 8.78 Å². The van der Waals surface area contributed by atoms with E-state index in [0.717, 1.165) is 44.7 Å². The Bertz CT molecular complexity index is 2160. The van der Waals surface area contributed by atoms with Crippen LogP contribution in [0.1, 0.15) is 22.4 Å². The number of anilines is 1. The second-order valence-corrected chi connectivity index (χ2v) is 15.0. The number of aliphatic hydroxyl groups excluding tert-OH is 1. The summed E-state index contributed by atoms with van der Waals surface area (Å²) in [4.78, 5) is 49.6. The van der Waals surface area contributed by atoms with Crippen molar-refractivity contribution >= 4 is 63.5 Å².